The summed E-state index contributed by atoms with van der Waals surface area (Å²) >= 11 is 0. The number of amides is 1. The van der Waals surface area contributed by atoms with E-state index in [9.17, 15) is 9.90 Å². The van der Waals surface area contributed by atoms with Gasteiger partial charge in [0.25, 0.3) is 0 Å². The average molecular weight is 429 g/mol. The monoisotopic (exact) mass is 428 g/mol. The fourth-order valence-electron chi connectivity index (χ4n) is 4.91. The highest BCUT2D eigenvalue weighted by Crippen LogP contribution is 2.35. The molecule has 6 nitrogen and oxygen atoms in total. The van der Waals surface area contributed by atoms with E-state index < -0.39 is 0 Å². The lowest BCUT2D eigenvalue weighted by molar-refractivity contribution is -0.115. The number of aromatic hydroxyl groups is 1. The maximum absolute atomic E-state index is 12.8. The number of nitrogens with zero attached hydrogens (tertiary/aromatic N) is 2. The van der Waals surface area contributed by atoms with Gasteiger partial charge in [-0.1, -0.05) is 43.9 Å². The molecule has 0 bridgehead atoms. The molecule has 0 spiro atoms. The zero-order chi connectivity index (χ0) is 22.1. The van der Waals surface area contributed by atoms with Gasteiger partial charge < -0.3 is 16.2 Å². The first-order valence-electron chi connectivity index (χ1n) is 11.4. The molecule has 3 aromatic rings. The van der Waals surface area contributed by atoms with Crippen LogP contribution in [0.2, 0.25) is 0 Å². The highest BCUT2D eigenvalue weighted by Gasteiger charge is 2.25. The van der Waals surface area contributed by atoms with Gasteiger partial charge in [0, 0.05) is 11.3 Å². The fraction of sp³-hybridized carbons (Fsp3) is 0.346. The molecular weight excluding hydrogens is 400 g/mol. The molecule has 2 aliphatic rings. The first-order valence-corrected chi connectivity index (χ1v) is 11.4. The van der Waals surface area contributed by atoms with Crippen molar-refractivity contribution in [2.75, 3.05) is 11.1 Å². The number of fused-ring (bicyclic) bond motifs is 3. The molecule has 4 N–H and O–H groups in total. The molecule has 0 saturated heterocycles. The van der Waals surface area contributed by atoms with Crippen LogP contribution in [0.5, 0.6) is 5.75 Å². The van der Waals surface area contributed by atoms with Gasteiger partial charge in [0.1, 0.15) is 5.75 Å². The minimum absolute atomic E-state index is 0.124. The summed E-state index contributed by atoms with van der Waals surface area (Å²) in [4.78, 5) is 22.8. The van der Waals surface area contributed by atoms with Crippen LogP contribution in [-0.2, 0) is 30.5 Å². The van der Waals surface area contributed by atoms with Crippen molar-refractivity contribution in [1.82, 2.24) is 9.97 Å². The van der Waals surface area contributed by atoms with Gasteiger partial charge in [-0.15, -0.1) is 0 Å². The first-order chi connectivity index (χ1) is 15.5. The molecule has 1 saturated carbocycles. The number of nitrogens with two attached hydrogens (primary N) is 1. The van der Waals surface area contributed by atoms with Crippen LogP contribution in [0.4, 0.5) is 11.5 Å². The predicted octanol–water partition coefficient (Wildman–Crippen LogP) is 4.44. The van der Waals surface area contributed by atoms with Crippen molar-refractivity contribution in [2.45, 2.75) is 51.4 Å². The Morgan fingerprint density at radius 1 is 1.06 bits per heavy atom. The molecule has 1 fully saturated rings. The van der Waals surface area contributed by atoms with Crippen molar-refractivity contribution in [1.29, 1.82) is 0 Å². The Morgan fingerprint density at radius 2 is 1.84 bits per heavy atom. The Bertz CT molecular complexity index is 1150. The quantitative estimate of drug-likeness (QED) is 0.522. The minimum Gasteiger partial charge on any atom is -0.508 e. The third kappa shape index (κ3) is 4.31. The minimum atomic E-state index is -0.124. The number of carbonyl (C=O) groups is 1. The zero-order valence-electron chi connectivity index (χ0n) is 18.1. The summed E-state index contributed by atoms with van der Waals surface area (Å²) in [7, 11) is 0. The Morgan fingerprint density at radius 3 is 2.62 bits per heavy atom. The number of phenolic OH excluding ortho intramolecular Hbond substituents is 1. The molecule has 6 heteroatoms. The third-order valence-corrected chi connectivity index (χ3v) is 6.57. The lowest BCUT2D eigenvalue weighted by Gasteiger charge is -2.22. The number of hydrogen-bond donors (Lipinski definition) is 3. The summed E-state index contributed by atoms with van der Waals surface area (Å²) in [5.74, 6) is 1.25. The highest BCUT2D eigenvalue weighted by molar-refractivity contribution is 5.92. The molecule has 1 aromatic heterocycles. The summed E-state index contributed by atoms with van der Waals surface area (Å²) in [6, 6.07) is 12.7. The normalized spacial score (nSPS) is 15.2. The second-order valence-corrected chi connectivity index (χ2v) is 8.98. The highest BCUT2D eigenvalue weighted by atomic mass is 16.3. The number of hydrogen-bond acceptors (Lipinski definition) is 5. The van der Waals surface area contributed by atoms with Crippen LogP contribution in [-0.4, -0.2) is 21.0 Å². The first kappa shape index (κ1) is 20.5. The lowest BCUT2D eigenvalue weighted by Crippen LogP contribution is -2.20. The van der Waals surface area contributed by atoms with E-state index in [1.807, 2.05) is 18.2 Å². The summed E-state index contributed by atoms with van der Waals surface area (Å²) in [6.45, 7) is 0. The summed E-state index contributed by atoms with van der Waals surface area (Å²) < 4.78 is 0. The largest absolute Gasteiger partial charge is 0.508 e. The summed E-state index contributed by atoms with van der Waals surface area (Å²) in [6.07, 6.45) is 7.62. The van der Waals surface area contributed by atoms with E-state index in [-0.39, 0.29) is 18.1 Å². The molecule has 164 valence electrons. The number of benzene rings is 2. The topological polar surface area (TPSA) is 101 Å². The number of aryl methyl sites for hydroxylation is 2. The van der Waals surface area contributed by atoms with E-state index in [2.05, 4.69) is 5.32 Å². The number of nitrogen functional groups attached to an aromatic ring is 1. The number of nitrogens with one attached hydrogen (secondary N) is 1. The van der Waals surface area contributed by atoms with Crippen molar-refractivity contribution in [3.63, 3.8) is 0 Å². The van der Waals surface area contributed by atoms with Gasteiger partial charge in [-0.25, -0.2) is 9.97 Å². The van der Waals surface area contributed by atoms with Crippen LogP contribution >= 0.6 is 0 Å². The van der Waals surface area contributed by atoms with E-state index in [0.29, 0.717) is 11.7 Å². The van der Waals surface area contributed by atoms with E-state index in [1.165, 1.54) is 31.2 Å². The number of anilines is 2. The van der Waals surface area contributed by atoms with Gasteiger partial charge in [0.2, 0.25) is 5.91 Å². The lowest BCUT2D eigenvalue weighted by atomic mass is 9.91. The molecule has 0 atom stereocenters. The molecule has 0 aliphatic heterocycles. The molecule has 32 heavy (non-hydrogen) atoms. The van der Waals surface area contributed by atoms with Gasteiger partial charge in [0.15, 0.2) is 5.82 Å². The fourth-order valence-corrected chi connectivity index (χ4v) is 4.91. The number of rotatable bonds is 5. The van der Waals surface area contributed by atoms with Crippen LogP contribution in [0, 0.1) is 5.92 Å². The third-order valence-electron chi connectivity index (χ3n) is 6.57. The van der Waals surface area contributed by atoms with Crippen molar-refractivity contribution < 1.29 is 9.90 Å². The van der Waals surface area contributed by atoms with Gasteiger partial charge in [0.05, 0.1) is 23.5 Å². The summed E-state index contributed by atoms with van der Waals surface area (Å²) in [5.41, 5.74) is 12.6. The molecule has 0 unspecified atom stereocenters. The van der Waals surface area contributed by atoms with E-state index in [0.717, 1.165) is 53.2 Å². The Labute approximate surface area is 187 Å². The maximum Gasteiger partial charge on any atom is 0.229 e. The molecule has 2 aromatic carbocycles. The molecule has 1 amide bonds. The van der Waals surface area contributed by atoms with Crippen LogP contribution in [0.15, 0.2) is 42.5 Å². The number of phenols is 1. The molecular formula is C26H28N4O2. The Balaban J connectivity index is 1.46. The van der Waals surface area contributed by atoms with E-state index in [4.69, 9.17) is 15.7 Å². The second-order valence-electron chi connectivity index (χ2n) is 8.98. The van der Waals surface area contributed by atoms with E-state index in [1.54, 1.807) is 24.3 Å². The summed E-state index contributed by atoms with van der Waals surface area (Å²) in [5, 5.41) is 12.5. The van der Waals surface area contributed by atoms with Gasteiger partial charge in [-0.05, 0) is 60.6 Å². The Kier molecular flexibility index (Phi) is 5.52. The van der Waals surface area contributed by atoms with Gasteiger partial charge >= 0.3 is 0 Å². The number of aromatic nitrogens is 2. The molecule has 5 rings (SSSR count). The van der Waals surface area contributed by atoms with Crippen LogP contribution in [0.25, 0.3) is 11.3 Å². The Hall–Kier alpha value is -3.41. The average Bonchev–Trinajstić information content (AvgIpc) is 3.29. The molecule has 2 aliphatic carbocycles. The number of carbonyl (C=O) groups excluding carboxylic acids is 1. The van der Waals surface area contributed by atoms with Crippen molar-refractivity contribution in [2.24, 2.45) is 5.92 Å². The van der Waals surface area contributed by atoms with Crippen molar-refractivity contribution in [3.8, 4) is 17.0 Å². The van der Waals surface area contributed by atoms with Crippen LogP contribution in [0.1, 0.15) is 48.2 Å². The van der Waals surface area contributed by atoms with E-state index >= 15 is 0 Å². The van der Waals surface area contributed by atoms with Crippen molar-refractivity contribution >= 4 is 17.4 Å². The molecule has 0 radical (unpaired) electrons. The van der Waals surface area contributed by atoms with Crippen LogP contribution in [0.3, 0.4) is 0 Å². The zero-order valence-corrected chi connectivity index (χ0v) is 18.1. The molecule has 1 heterocycles. The van der Waals surface area contributed by atoms with Crippen LogP contribution < -0.4 is 11.1 Å². The van der Waals surface area contributed by atoms with Gasteiger partial charge in [-0.3, -0.25) is 4.79 Å². The maximum atomic E-state index is 12.8. The van der Waals surface area contributed by atoms with Crippen molar-refractivity contribution in [3.05, 3.63) is 65.0 Å². The predicted molar refractivity (Wildman–Crippen MR) is 125 cm³/mol. The smallest absolute Gasteiger partial charge is 0.229 e. The second kappa shape index (κ2) is 8.61. The standard InChI is InChI=1S/C26H28N4O2/c27-19-8-11-21-18(15-19)7-12-22-25(21)28-23(13-16-3-1-2-4-16)26(29-22)30-24(32)14-17-5-9-20(31)10-6-17/h5-6,8-11,15-16,31H,1-4,7,12-14,27H2,(H,29,30,32). The van der Waals surface area contributed by atoms with Gasteiger partial charge in [-0.2, -0.15) is 0 Å². The SMILES string of the molecule is Nc1ccc2c(c1)CCc1nc(NC(=O)Cc3ccc(O)cc3)c(CC3CCCC3)nc1-2.